The van der Waals surface area contributed by atoms with Crippen molar-refractivity contribution in [3.8, 4) is 0 Å². The Hall–Kier alpha value is -2.24. The highest BCUT2D eigenvalue weighted by Crippen LogP contribution is 2.15. The molecule has 0 radical (unpaired) electrons. The number of amides is 1. The van der Waals surface area contributed by atoms with Crippen LogP contribution in [0.3, 0.4) is 0 Å². The summed E-state index contributed by atoms with van der Waals surface area (Å²) < 4.78 is 38.9. The van der Waals surface area contributed by atoms with Gasteiger partial charge in [0.05, 0.1) is 12.1 Å². The Morgan fingerprint density at radius 1 is 1.17 bits per heavy atom. The molecular formula is C12H9F3N2O. The van der Waals surface area contributed by atoms with E-state index in [1.54, 1.807) is 18.3 Å². The molecule has 0 saturated carbocycles. The van der Waals surface area contributed by atoms with Gasteiger partial charge in [0.15, 0.2) is 17.5 Å². The molecule has 0 saturated heterocycles. The molecule has 1 amide bonds. The number of halogens is 3. The lowest BCUT2D eigenvalue weighted by Crippen LogP contribution is -2.24. The van der Waals surface area contributed by atoms with Gasteiger partial charge in [-0.25, -0.2) is 13.2 Å². The molecule has 0 aliphatic carbocycles. The molecule has 1 aromatic carbocycles. The van der Waals surface area contributed by atoms with Gasteiger partial charge < -0.3 is 10.3 Å². The lowest BCUT2D eigenvalue weighted by atomic mass is 10.2. The van der Waals surface area contributed by atoms with Gasteiger partial charge in [0, 0.05) is 11.9 Å². The summed E-state index contributed by atoms with van der Waals surface area (Å²) in [5, 5.41) is 2.39. The van der Waals surface area contributed by atoms with E-state index in [4.69, 9.17) is 0 Å². The molecule has 2 N–H and O–H groups in total. The van der Waals surface area contributed by atoms with Crippen molar-refractivity contribution in [2.45, 2.75) is 6.54 Å². The smallest absolute Gasteiger partial charge is 0.254 e. The summed E-state index contributed by atoms with van der Waals surface area (Å²) >= 11 is 0. The number of aromatic nitrogens is 1. The van der Waals surface area contributed by atoms with Crippen LogP contribution in [0.2, 0.25) is 0 Å². The summed E-state index contributed by atoms with van der Waals surface area (Å²) in [6.07, 6.45) is 1.67. The first-order chi connectivity index (χ1) is 8.59. The van der Waals surface area contributed by atoms with Crippen molar-refractivity contribution >= 4 is 5.91 Å². The molecule has 2 aromatic rings. The van der Waals surface area contributed by atoms with E-state index < -0.39 is 28.9 Å². The summed E-state index contributed by atoms with van der Waals surface area (Å²) in [5.74, 6) is -5.27. The normalized spacial score (nSPS) is 10.4. The van der Waals surface area contributed by atoms with Gasteiger partial charge in [-0.05, 0) is 24.3 Å². The minimum Gasteiger partial charge on any atom is -0.364 e. The molecule has 1 heterocycles. The van der Waals surface area contributed by atoms with Gasteiger partial charge in [-0.2, -0.15) is 0 Å². The van der Waals surface area contributed by atoms with E-state index in [1.165, 1.54) is 0 Å². The Kier molecular flexibility index (Phi) is 3.36. The predicted molar refractivity (Wildman–Crippen MR) is 58.3 cm³/mol. The molecule has 0 spiro atoms. The second-order valence-electron chi connectivity index (χ2n) is 3.60. The molecule has 0 bridgehead atoms. The van der Waals surface area contributed by atoms with Gasteiger partial charge in [0.25, 0.3) is 5.91 Å². The minimum atomic E-state index is -1.65. The molecule has 0 aliphatic heterocycles. The zero-order valence-electron chi connectivity index (χ0n) is 9.14. The number of benzene rings is 1. The number of hydrogen-bond acceptors (Lipinski definition) is 1. The van der Waals surface area contributed by atoms with Gasteiger partial charge in [0.2, 0.25) is 0 Å². The Morgan fingerprint density at radius 3 is 2.61 bits per heavy atom. The molecule has 2 rings (SSSR count). The van der Waals surface area contributed by atoms with Crippen LogP contribution in [0.15, 0.2) is 30.5 Å². The fourth-order valence-corrected chi connectivity index (χ4v) is 1.45. The Morgan fingerprint density at radius 2 is 1.94 bits per heavy atom. The summed E-state index contributed by atoms with van der Waals surface area (Å²) in [7, 11) is 0. The Bertz CT molecular complexity index is 567. The van der Waals surface area contributed by atoms with Crippen LogP contribution in [-0.2, 0) is 6.54 Å². The lowest BCUT2D eigenvalue weighted by Gasteiger charge is -2.06. The lowest BCUT2D eigenvalue weighted by molar-refractivity contribution is 0.0945. The van der Waals surface area contributed by atoms with E-state index in [2.05, 4.69) is 10.3 Å². The number of rotatable bonds is 3. The molecule has 0 unspecified atom stereocenters. The zero-order valence-corrected chi connectivity index (χ0v) is 9.14. The van der Waals surface area contributed by atoms with Gasteiger partial charge in [-0.15, -0.1) is 0 Å². The third-order valence-electron chi connectivity index (χ3n) is 2.38. The van der Waals surface area contributed by atoms with Gasteiger partial charge in [-0.3, -0.25) is 4.79 Å². The summed E-state index contributed by atoms with van der Waals surface area (Å²) in [6, 6.07) is 5.07. The first kappa shape index (κ1) is 12.2. The molecule has 3 nitrogen and oxygen atoms in total. The first-order valence-corrected chi connectivity index (χ1v) is 5.13. The van der Waals surface area contributed by atoms with E-state index in [0.717, 1.165) is 6.07 Å². The van der Waals surface area contributed by atoms with Crippen molar-refractivity contribution in [3.05, 3.63) is 59.2 Å². The number of H-pyrrole nitrogens is 1. The van der Waals surface area contributed by atoms with Crippen LogP contribution in [0.4, 0.5) is 13.2 Å². The Labute approximate surface area is 101 Å². The van der Waals surface area contributed by atoms with Crippen molar-refractivity contribution in [1.82, 2.24) is 10.3 Å². The quantitative estimate of drug-likeness (QED) is 0.811. The molecule has 1 aromatic heterocycles. The highest BCUT2D eigenvalue weighted by molar-refractivity contribution is 5.94. The van der Waals surface area contributed by atoms with Gasteiger partial charge in [0.1, 0.15) is 0 Å². The standard InChI is InChI=1S/C12H9F3N2O/c13-9-4-3-8(10(14)11(9)15)12(18)17-6-7-2-1-5-16-7/h1-5,16H,6H2,(H,17,18). The molecule has 94 valence electrons. The topological polar surface area (TPSA) is 44.9 Å². The van der Waals surface area contributed by atoms with Crippen LogP contribution in [0.5, 0.6) is 0 Å². The average molecular weight is 254 g/mol. The minimum absolute atomic E-state index is 0.143. The number of carbonyl (C=O) groups excluding carboxylic acids is 1. The van der Waals surface area contributed by atoms with Crippen molar-refractivity contribution in [2.75, 3.05) is 0 Å². The van der Waals surface area contributed by atoms with Crippen molar-refractivity contribution < 1.29 is 18.0 Å². The zero-order chi connectivity index (χ0) is 13.1. The van der Waals surface area contributed by atoms with Crippen LogP contribution < -0.4 is 5.32 Å². The number of nitrogens with one attached hydrogen (secondary N) is 2. The van der Waals surface area contributed by atoms with Crippen molar-refractivity contribution in [1.29, 1.82) is 0 Å². The molecule has 0 fully saturated rings. The van der Waals surface area contributed by atoms with Crippen LogP contribution in [0, 0.1) is 17.5 Å². The third-order valence-corrected chi connectivity index (χ3v) is 2.38. The predicted octanol–water partition coefficient (Wildman–Crippen LogP) is 2.36. The van der Waals surface area contributed by atoms with Crippen LogP contribution in [0.25, 0.3) is 0 Å². The third kappa shape index (κ3) is 2.37. The van der Waals surface area contributed by atoms with Crippen LogP contribution in [-0.4, -0.2) is 10.9 Å². The maximum Gasteiger partial charge on any atom is 0.254 e. The van der Waals surface area contributed by atoms with E-state index in [0.29, 0.717) is 11.8 Å². The maximum atomic E-state index is 13.3. The van der Waals surface area contributed by atoms with Gasteiger partial charge >= 0.3 is 0 Å². The highest BCUT2D eigenvalue weighted by atomic mass is 19.2. The number of hydrogen-bond donors (Lipinski definition) is 2. The van der Waals surface area contributed by atoms with Crippen molar-refractivity contribution in [2.24, 2.45) is 0 Å². The highest BCUT2D eigenvalue weighted by Gasteiger charge is 2.18. The number of carbonyl (C=O) groups is 1. The molecule has 18 heavy (non-hydrogen) atoms. The average Bonchev–Trinajstić information content (AvgIpc) is 2.86. The molecule has 0 aliphatic rings. The summed E-state index contributed by atoms with van der Waals surface area (Å²) in [6.45, 7) is 0.143. The van der Waals surface area contributed by atoms with E-state index in [9.17, 15) is 18.0 Å². The second kappa shape index (κ2) is 4.95. The van der Waals surface area contributed by atoms with E-state index in [1.807, 2.05) is 0 Å². The van der Waals surface area contributed by atoms with E-state index >= 15 is 0 Å². The Balaban J connectivity index is 2.12. The van der Waals surface area contributed by atoms with Crippen molar-refractivity contribution in [3.63, 3.8) is 0 Å². The first-order valence-electron chi connectivity index (χ1n) is 5.13. The maximum absolute atomic E-state index is 13.3. The number of aromatic amines is 1. The van der Waals surface area contributed by atoms with Crippen LogP contribution >= 0.6 is 0 Å². The second-order valence-corrected chi connectivity index (χ2v) is 3.60. The largest absolute Gasteiger partial charge is 0.364 e. The fraction of sp³-hybridized carbons (Fsp3) is 0.0833. The summed E-state index contributed by atoms with van der Waals surface area (Å²) in [5.41, 5.74) is 0.187. The SMILES string of the molecule is O=C(NCc1ccc[nH]1)c1ccc(F)c(F)c1F. The van der Waals surface area contributed by atoms with Crippen LogP contribution in [0.1, 0.15) is 16.1 Å². The molecule has 0 atom stereocenters. The monoisotopic (exact) mass is 254 g/mol. The van der Waals surface area contributed by atoms with Gasteiger partial charge in [-0.1, -0.05) is 0 Å². The van der Waals surface area contributed by atoms with E-state index in [-0.39, 0.29) is 6.54 Å². The fourth-order valence-electron chi connectivity index (χ4n) is 1.45. The molecule has 6 heteroatoms. The molecular weight excluding hydrogens is 245 g/mol. The summed E-state index contributed by atoms with van der Waals surface area (Å²) in [4.78, 5) is 14.4.